The number of amides is 3. The van der Waals surface area contributed by atoms with Crippen LogP contribution in [0.15, 0.2) is 0 Å². The van der Waals surface area contributed by atoms with Crippen molar-refractivity contribution in [2.24, 2.45) is 0 Å². The number of likely N-dealkylation sites (tertiary alicyclic amines) is 1. The Kier molecular flexibility index (Phi) is 5.11. The van der Waals surface area contributed by atoms with E-state index in [1.165, 1.54) is 4.90 Å². The molecule has 0 aromatic heterocycles. The van der Waals surface area contributed by atoms with E-state index in [2.05, 4.69) is 16.7 Å². The van der Waals surface area contributed by atoms with E-state index in [9.17, 15) is 14.4 Å². The molecule has 0 saturated carbocycles. The smallest absolute Gasteiger partial charge is 0.239 e. The van der Waals surface area contributed by atoms with Crippen LogP contribution in [0.3, 0.4) is 0 Å². The van der Waals surface area contributed by atoms with Crippen molar-refractivity contribution >= 4 is 17.7 Å². The largest absolute Gasteiger partial charge is 0.353 e. The summed E-state index contributed by atoms with van der Waals surface area (Å²) in [5.41, 5.74) is 0. The molecule has 0 spiro atoms. The second-order valence-corrected chi connectivity index (χ2v) is 5.14. The monoisotopic (exact) mass is 293 g/mol. The van der Waals surface area contributed by atoms with E-state index in [0.717, 1.165) is 6.42 Å². The average molecular weight is 293 g/mol. The minimum absolute atomic E-state index is 0.0179. The van der Waals surface area contributed by atoms with E-state index < -0.39 is 0 Å². The Bertz CT molecular complexity index is 473. The number of piperazine rings is 1. The minimum atomic E-state index is -0.346. The van der Waals surface area contributed by atoms with Gasteiger partial charge < -0.3 is 15.1 Å². The van der Waals surface area contributed by atoms with Crippen molar-refractivity contribution in [3.05, 3.63) is 0 Å². The van der Waals surface area contributed by atoms with Gasteiger partial charge in [-0.3, -0.25) is 19.7 Å². The van der Waals surface area contributed by atoms with E-state index in [4.69, 9.17) is 5.26 Å². The summed E-state index contributed by atoms with van der Waals surface area (Å²) >= 11 is 0. The van der Waals surface area contributed by atoms with Crippen LogP contribution in [-0.4, -0.2) is 72.8 Å². The zero-order chi connectivity index (χ0) is 15.2. The Morgan fingerprint density at radius 2 is 2.10 bits per heavy atom. The molecule has 0 bridgehead atoms. The molecule has 3 amide bonds. The van der Waals surface area contributed by atoms with E-state index in [0.29, 0.717) is 26.1 Å². The second kappa shape index (κ2) is 7.04. The summed E-state index contributed by atoms with van der Waals surface area (Å²) in [5.74, 6) is -0.529. The molecular formula is C13H19N5O3. The van der Waals surface area contributed by atoms with E-state index in [1.807, 2.05) is 0 Å². The number of nitriles is 1. The van der Waals surface area contributed by atoms with Gasteiger partial charge in [0.05, 0.1) is 25.7 Å². The highest BCUT2D eigenvalue weighted by Gasteiger charge is 2.28. The summed E-state index contributed by atoms with van der Waals surface area (Å²) in [5, 5.41) is 14.4. The number of carbonyl (C=O) groups excluding carboxylic acids is 3. The van der Waals surface area contributed by atoms with Crippen LogP contribution >= 0.6 is 0 Å². The highest BCUT2D eigenvalue weighted by atomic mass is 16.2. The Balaban J connectivity index is 1.71. The molecular weight excluding hydrogens is 274 g/mol. The molecule has 21 heavy (non-hydrogen) atoms. The fourth-order valence-corrected chi connectivity index (χ4v) is 2.54. The van der Waals surface area contributed by atoms with Crippen LogP contribution in [0, 0.1) is 11.3 Å². The molecule has 2 aliphatic heterocycles. The van der Waals surface area contributed by atoms with Crippen molar-refractivity contribution < 1.29 is 14.4 Å². The van der Waals surface area contributed by atoms with Crippen molar-refractivity contribution in [2.45, 2.75) is 18.9 Å². The van der Waals surface area contributed by atoms with Gasteiger partial charge in [-0.05, 0) is 12.8 Å². The maximum Gasteiger partial charge on any atom is 0.239 e. The van der Waals surface area contributed by atoms with E-state index >= 15 is 0 Å². The lowest BCUT2D eigenvalue weighted by Crippen LogP contribution is -2.52. The molecule has 2 aliphatic rings. The molecule has 2 saturated heterocycles. The molecule has 1 unspecified atom stereocenters. The van der Waals surface area contributed by atoms with Crippen molar-refractivity contribution in [1.29, 1.82) is 5.26 Å². The molecule has 2 heterocycles. The number of nitrogens with zero attached hydrogens (tertiary/aromatic N) is 3. The summed E-state index contributed by atoms with van der Waals surface area (Å²) in [6.45, 7) is 1.66. The molecule has 0 radical (unpaired) electrons. The number of hydrogen-bond donors (Lipinski definition) is 2. The Labute approximate surface area is 123 Å². The van der Waals surface area contributed by atoms with Gasteiger partial charge in [-0.25, -0.2) is 0 Å². The predicted molar refractivity (Wildman–Crippen MR) is 72.8 cm³/mol. The maximum absolute atomic E-state index is 11.9. The van der Waals surface area contributed by atoms with Crippen LogP contribution in [0.4, 0.5) is 0 Å². The van der Waals surface area contributed by atoms with Gasteiger partial charge in [-0.2, -0.15) is 5.26 Å². The van der Waals surface area contributed by atoms with Gasteiger partial charge in [0.25, 0.3) is 0 Å². The number of rotatable bonds is 4. The van der Waals surface area contributed by atoms with Gasteiger partial charge >= 0.3 is 0 Å². The quantitative estimate of drug-likeness (QED) is 0.626. The lowest BCUT2D eigenvalue weighted by molar-refractivity contribution is -0.137. The predicted octanol–water partition coefficient (Wildman–Crippen LogP) is -1.95. The summed E-state index contributed by atoms with van der Waals surface area (Å²) in [6.07, 6.45) is 1.55. The number of carbonyl (C=O) groups is 3. The Hall–Kier alpha value is -2.14. The lowest BCUT2D eigenvalue weighted by atomic mass is 10.2. The molecule has 0 aromatic carbocycles. The highest BCUT2D eigenvalue weighted by Crippen LogP contribution is 2.15. The standard InChI is InChI=1S/C13H19N5O3/c14-6-10-2-1-4-18(10)13(21)8-15-7-12(20)17-5-3-16-11(19)9-17/h10,15H,1-5,7-9H2,(H,16,19). The van der Waals surface area contributed by atoms with Crippen LogP contribution in [-0.2, 0) is 14.4 Å². The van der Waals surface area contributed by atoms with Gasteiger partial charge in [0.1, 0.15) is 6.04 Å². The first-order valence-corrected chi connectivity index (χ1v) is 7.06. The van der Waals surface area contributed by atoms with Gasteiger partial charge in [0, 0.05) is 19.6 Å². The zero-order valence-corrected chi connectivity index (χ0v) is 11.8. The average Bonchev–Trinajstić information content (AvgIpc) is 2.95. The van der Waals surface area contributed by atoms with Gasteiger partial charge in [-0.15, -0.1) is 0 Å². The molecule has 0 aliphatic carbocycles. The van der Waals surface area contributed by atoms with E-state index in [1.54, 1.807) is 4.90 Å². The third-order valence-corrected chi connectivity index (χ3v) is 3.67. The second-order valence-electron chi connectivity index (χ2n) is 5.14. The fourth-order valence-electron chi connectivity index (χ4n) is 2.54. The maximum atomic E-state index is 11.9. The van der Waals surface area contributed by atoms with Crippen molar-refractivity contribution in [1.82, 2.24) is 20.4 Å². The van der Waals surface area contributed by atoms with Crippen LogP contribution in [0.1, 0.15) is 12.8 Å². The SMILES string of the molecule is N#CC1CCCN1C(=O)CNCC(=O)N1CCNC(=O)C1. The first kappa shape index (κ1) is 15.3. The van der Waals surface area contributed by atoms with Crippen LogP contribution in [0.2, 0.25) is 0 Å². The van der Waals surface area contributed by atoms with Crippen LogP contribution in [0.25, 0.3) is 0 Å². The summed E-state index contributed by atoms with van der Waals surface area (Å²) in [6, 6.07) is 1.76. The van der Waals surface area contributed by atoms with Crippen LogP contribution in [0.5, 0.6) is 0 Å². The summed E-state index contributed by atoms with van der Waals surface area (Å²) in [4.78, 5) is 38.0. The Morgan fingerprint density at radius 1 is 1.33 bits per heavy atom. The van der Waals surface area contributed by atoms with E-state index in [-0.39, 0.29) is 43.4 Å². The topological polar surface area (TPSA) is 106 Å². The third-order valence-electron chi connectivity index (χ3n) is 3.67. The first-order valence-electron chi connectivity index (χ1n) is 7.06. The Morgan fingerprint density at radius 3 is 2.81 bits per heavy atom. The van der Waals surface area contributed by atoms with Crippen molar-refractivity contribution in [3.8, 4) is 6.07 Å². The molecule has 2 rings (SSSR count). The van der Waals surface area contributed by atoms with Gasteiger partial charge in [-0.1, -0.05) is 0 Å². The molecule has 114 valence electrons. The lowest BCUT2D eigenvalue weighted by Gasteiger charge is -2.27. The normalized spacial score (nSPS) is 21.9. The summed E-state index contributed by atoms with van der Waals surface area (Å²) < 4.78 is 0. The fraction of sp³-hybridized carbons (Fsp3) is 0.692. The van der Waals surface area contributed by atoms with Crippen molar-refractivity contribution in [3.63, 3.8) is 0 Å². The zero-order valence-electron chi connectivity index (χ0n) is 11.8. The highest BCUT2D eigenvalue weighted by molar-refractivity contribution is 5.87. The first-order chi connectivity index (χ1) is 10.1. The minimum Gasteiger partial charge on any atom is -0.353 e. The molecule has 8 heteroatoms. The molecule has 2 fully saturated rings. The van der Waals surface area contributed by atoms with Crippen molar-refractivity contribution in [2.75, 3.05) is 39.3 Å². The summed E-state index contributed by atoms with van der Waals surface area (Å²) in [7, 11) is 0. The molecule has 1 atom stereocenters. The molecule has 0 aromatic rings. The third kappa shape index (κ3) is 3.92. The number of hydrogen-bond acceptors (Lipinski definition) is 5. The van der Waals surface area contributed by atoms with Gasteiger partial charge in [0.15, 0.2) is 0 Å². The number of nitrogens with one attached hydrogen (secondary N) is 2. The van der Waals surface area contributed by atoms with Crippen LogP contribution < -0.4 is 10.6 Å². The molecule has 2 N–H and O–H groups in total. The molecule has 8 nitrogen and oxygen atoms in total. The van der Waals surface area contributed by atoms with Gasteiger partial charge in [0.2, 0.25) is 17.7 Å².